The summed E-state index contributed by atoms with van der Waals surface area (Å²) in [4.78, 5) is 0. The van der Waals surface area contributed by atoms with Crippen LogP contribution in [0.1, 0.15) is 59.8 Å². The Labute approximate surface area is 167 Å². The molecule has 8 atom stereocenters. The van der Waals surface area contributed by atoms with Gasteiger partial charge in [-0.25, -0.2) is 0 Å². The minimum Gasteiger partial charge on any atom is -0.508 e. The van der Waals surface area contributed by atoms with Crippen LogP contribution in [-0.2, 0) is 0 Å². The van der Waals surface area contributed by atoms with E-state index in [1.54, 1.807) is 0 Å². The van der Waals surface area contributed by atoms with Gasteiger partial charge >= 0.3 is 0 Å². The Hall–Kier alpha value is -1.96. The highest BCUT2D eigenvalue weighted by molar-refractivity contribution is 5.44. The molecule has 146 valence electrons. The van der Waals surface area contributed by atoms with Crippen LogP contribution < -0.4 is 0 Å². The topological polar surface area (TPSA) is 40.5 Å². The summed E-state index contributed by atoms with van der Waals surface area (Å²) in [6.07, 6.45) is 5.31. The summed E-state index contributed by atoms with van der Waals surface area (Å²) in [6.45, 7) is 4.00. The van der Waals surface area contributed by atoms with Crippen LogP contribution >= 0.6 is 0 Å². The number of hydrogen-bond acceptors (Lipinski definition) is 2. The zero-order chi connectivity index (χ0) is 19.2. The van der Waals surface area contributed by atoms with Gasteiger partial charge in [0.05, 0.1) is 0 Å². The van der Waals surface area contributed by atoms with Crippen molar-refractivity contribution in [2.75, 3.05) is 0 Å². The molecular weight excluding hydrogens is 344 g/mol. The van der Waals surface area contributed by atoms with E-state index in [9.17, 15) is 10.2 Å². The van der Waals surface area contributed by atoms with Crippen molar-refractivity contribution >= 4 is 0 Å². The minimum atomic E-state index is 0.458. The van der Waals surface area contributed by atoms with Crippen LogP contribution in [0.25, 0.3) is 0 Å². The molecule has 2 N–H and O–H groups in total. The number of fused-ring (bicyclic) bond motifs is 9. The standard InChI is InChI=1S/C26H30O2/c1-13-6-7-15(12-23(13)27)19-8-16-10-21(19)24-17-9-20(22(11-17)25(16)24)18-5-3-4-14(2)26(18)28/h3-7,12,16-17,19-22,24-25,27-28H,8-11H2,1-2H3. The van der Waals surface area contributed by atoms with Gasteiger partial charge in [0.1, 0.15) is 11.5 Å². The summed E-state index contributed by atoms with van der Waals surface area (Å²) in [5, 5.41) is 20.9. The largest absolute Gasteiger partial charge is 0.508 e. The maximum absolute atomic E-state index is 10.7. The molecule has 4 fully saturated rings. The van der Waals surface area contributed by atoms with E-state index in [0.29, 0.717) is 23.3 Å². The van der Waals surface area contributed by atoms with E-state index < -0.39 is 0 Å². The molecule has 2 aromatic rings. The Kier molecular flexibility index (Phi) is 3.50. The molecule has 8 unspecified atom stereocenters. The Bertz CT molecular complexity index is 947. The lowest BCUT2D eigenvalue weighted by Crippen LogP contribution is -2.34. The Morgan fingerprint density at radius 2 is 1.43 bits per heavy atom. The highest BCUT2D eigenvalue weighted by atomic mass is 16.3. The second kappa shape index (κ2) is 5.78. The fraction of sp³-hybridized carbons (Fsp3) is 0.538. The van der Waals surface area contributed by atoms with Crippen LogP contribution in [0, 0.1) is 49.4 Å². The molecule has 4 aliphatic rings. The predicted molar refractivity (Wildman–Crippen MR) is 111 cm³/mol. The Morgan fingerprint density at radius 3 is 2.14 bits per heavy atom. The number of aryl methyl sites for hydroxylation is 2. The number of para-hydroxylation sites is 1. The molecule has 6 rings (SSSR count). The molecule has 0 amide bonds. The molecule has 2 heteroatoms. The maximum Gasteiger partial charge on any atom is 0.121 e. The van der Waals surface area contributed by atoms with Crippen molar-refractivity contribution in [1.82, 2.24) is 0 Å². The van der Waals surface area contributed by atoms with Crippen molar-refractivity contribution in [2.45, 2.75) is 51.4 Å². The fourth-order valence-electron chi connectivity index (χ4n) is 8.18. The van der Waals surface area contributed by atoms with Crippen molar-refractivity contribution in [2.24, 2.45) is 35.5 Å². The molecule has 0 radical (unpaired) electrons. The molecule has 0 spiro atoms. The molecule has 2 aromatic carbocycles. The molecule has 0 aliphatic heterocycles. The summed E-state index contributed by atoms with van der Waals surface area (Å²) >= 11 is 0. The molecule has 28 heavy (non-hydrogen) atoms. The first-order chi connectivity index (χ1) is 13.5. The van der Waals surface area contributed by atoms with Gasteiger partial charge in [-0.1, -0.05) is 30.3 Å². The van der Waals surface area contributed by atoms with Gasteiger partial charge in [-0.05, 0) is 115 Å². The smallest absolute Gasteiger partial charge is 0.121 e. The van der Waals surface area contributed by atoms with Crippen LogP contribution in [0.2, 0.25) is 0 Å². The summed E-state index contributed by atoms with van der Waals surface area (Å²) in [7, 11) is 0. The molecule has 2 nitrogen and oxygen atoms in total. The lowest BCUT2D eigenvalue weighted by atomic mass is 9.62. The summed E-state index contributed by atoms with van der Waals surface area (Å²) in [5.41, 5.74) is 4.58. The lowest BCUT2D eigenvalue weighted by Gasteiger charge is -2.42. The summed E-state index contributed by atoms with van der Waals surface area (Å²) in [5.74, 6) is 7.20. The third kappa shape index (κ3) is 2.15. The number of phenolic OH excluding ortho intramolecular Hbond substituents is 2. The van der Waals surface area contributed by atoms with Gasteiger partial charge in [0, 0.05) is 0 Å². The van der Waals surface area contributed by atoms with Crippen LogP contribution in [0.3, 0.4) is 0 Å². The van der Waals surface area contributed by atoms with Crippen molar-refractivity contribution in [3.8, 4) is 11.5 Å². The lowest BCUT2D eigenvalue weighted by molar-refractivity contribution is 0.116. The van der Waals surface area contributed by atoms with Crippen molar-refractivity contribution in [3.05, 3.63) is 58.7 Å². The zero-order valence-corrected chi connectivity index (χ0v) is 16.8. The highest BCUT2D eigenvalue weighted by Crippen LogP contribution is 2.73. The first-order valence-corrected chi connectivity index (χ1v) is 11.1. The summed E-state index contributed by atoms with van der Waals surface area (Å²) in [6, 6.07) is 12.7. The third-order valence-corrected chi connectivity index (χ3v) is 9.15. The van der Waals surface area contributed by atoms with E-state index in [1.807, 2.05) is 26.0 Å². The number of benzene rings is 2. The SMILES string of the molecule is Cc1ccc(C2CC3CC2C2C4CC(c5cccc(C)c5O)C(C4)C32)cc1O. The van der Waals surface area contributed by atoms with Crippen LogP contribution in [0.4, 0.5) is 0 Å². The van der Waals surface area contributed by atoms with E-state index >= 15 is 0 Å². The summed E-state index contributed by atoms with van der Waals surface area (Å²) < 4.78 is 0. The van der Waals surface area contributed by atoms with Crippen LogP contribution in [-0.4, -0.2) is 10.2 Å². The van der Waals surface area contributed by atoms with Gasteiger partial charge in [-0.15, -0.1) is 0 Å². The molecule has 4 saturated carbocycles. The van der Waals surface area contributed by atoms with E-state index in [-0.39, 0.29) is 0 Å². The second-order valence-corrected chi connectivity index (χ2v) is 10.2. The van der Waals surface area contributed by atoms with Crippen LogP contribution in [0.5, 0.6) is 11.5 Å². The zero-order valence-electron chi connectivity index (χ0n) is 16.8. The third-order valence-electron chi connectivity index (χ3n) is 9.15. The van der Waals surface area contributed by atoms with Gasteiger partial charge < -0.3 is 10.2 Å². The number of rotatable bonds is 2. The van der Waals surface area contributed by atoms with E-state index in [4.69, 9.17) is 0 Å². The fourth-order valence-corrected chi connectivity index (χ4v) is 8.18. The quantitative estimate of drug-likeness (QED) is 0.643. The first kappa shape index (κ1) is 16.9. The molecule has 0 saturated heterocycles. The van der Waals surface area contributed by atoms with E-state index in [2.05, 4.69) is 24.3 Å². The number of phenols is 2. The van der Waals surface area contributed by atoms with Crippen molar-refractivity contribution in [3.63, 3.8) is 0 Å². The van der Waals surface area contributed by atoms with Gasteiger partial charge in [-0.3, -0.25) is 0 Å². The maximum atomic E-state index is 10.7. The second-order valence-electron chi connectivity index (χ2n) is 10.2. The molecule has 4 aliphatic carbocycles. The normalized spacial score (nSPS) is 40.2. The van der Waals surface area contributed by atoms with Crippen LogP contribution in [0.15, 0.2) is 36.4 Å². The van der Waals surface area contributed by atoms with Gasteiger partial charge in [0.2, 0.25) is 0 Å². The molecule has 0 heterocycles. The Morgan fingerprint density at radius 1 is 0.750 bits per heavy atom. The molecule has 4 bridgehead atoms. The molecular formula is C26H30O2. The monoisotopic (exact) mass is 374 g/mol. The van der Waals surface area contributed by atoms with E-state index in [1.165, 1.54) is 36.8 Å². The average Bonchev–Trinajstić information content (AvgIpc) is 3.44. The van der Waals surface area contributed by atoms with Crippen molar-refractivity contribution in [1.29, 1.82) is 0 Å². The highest BCUT2D eigenvalue weighted by Gasteiger charge is 2.64. The first-order valence-electron chi connectivity index (χ1n) is 11.1. The average molecular weight is 375 g/mol. The van der Waals surface area contributed by atoms with Gasteiger partial charge in [-0.2, -0.15) is 0 Å². The van der Waals surface area contributed by atoms with E-state index in [0.717, 1.165) is 46.6 Å². The predicted octanol–water partition coefficient (Wildman–Crippen LogP) is 5.89. The van der Waals surface area contributed by atoms with Crippen molar-refractivity contribution < 1.29 is 10.2 Å². The number of aromatic hydroxyl groups is 2. The Balaban J connectivity index is 1.29. The van der Waals surface area contributed by atoms with Gasteiger partial charge in [0.15, 0.2) is 0 Å². The molecule has 0 aromatic heterocycles. The van der Waals surface area contributed by atoms with Gasteiger partial charge in [0.25, 0.3) is 0 Å². The minimum absolute atomic E-state index is 0.458. The number of hydrogen-bond donors (Lipinski definition) is 2.